The molecule has 26 heavy (non-hydrogen) atoms. The van der Waals surface area contributed by atoms with Crippen LogP contribution in [-0.2, 0) is 0 Å². The Morgan fingerprint density at radius 2 is 0.962 bits per heavy atom. The van der Waals surface area contributed by atoms with Crippen LogP contribution in [0.2, 0.25) is 0 Å². The number of fused-ring (bicyclic) bond motifs is 3. The first-order valence-electron chi connectivity index (χ1n) is 8.51. The second kappa shape index (κ2) is 7.29. The third kappa shape index (κ3) is 2.78. The molecule has 0 spiro atoms. The molecule has 0 saturated heterocycles. The van der Waals surface area contributed by atoms with Gasteiger partial charge in [0.1, 0.15) is 0 Å². The van der Waals surface area contributed by atoms with Gasteiger partial charge in [-0.3, -0.25) is 0 Å². The van der Waals surface area contributed by atoms with Gasteiger partial charge in [0.25, 0.3) is 0 Å². The summed E-state index contributed by atoms with van der Waals surface area (Å²) in [6.45, 7) is 0. The van der Waals surface area contributed by atoms with Crippen LogP contribution >= 0.6 is 0 Å². The van der Waals surface area contributed by atoms with Crippen molar-refractivity contribution in [1.82, 2.24) is 0 Å². The van der Waals surface area contributed by atoms with Crippen LogP contribution in [0, 0.1) is 0 Å². The molecule has 0 aliphatic rings. The summed E-state index contributed by atoms with van der Waals surface area (Å²) < 4.78 is 4.71. The molecular weight excluding hydrogens is 451 g/mol. The number of benzene rings is 4. The van der Waals surface area contributed by atoms with E-state index in [1.165, 1.54) is 21.9 Å². The molecule has 126 valence electrons. The van der Waals surface area contributed by atoms with E-state index in [-0.39, 0.29) is 12.4 Å². The second-order valence-corrected chi connectivity index (χ2v) is 11.7. The maximum atomic E-state index is 2.36. The third-order valence-corrected chi connectivity index (χ3v) is 11.5. The molecule has 0 bridgehead atoms. The van der Waals surface area contributed by atoms with Crippen LogP contribution in [0.4, 0.5) is 0 Å². The minimum atomic E-state index is -1.83. The van der Waals surface area contributed by atoms with Gasteiger partial charge in [-0.25, -0.2) is 0 Å². The average Bonchev–Trinajstić information content (AvgIpc) is 3.03. The van der Waals surface area contributed by atoms with Gasteiger partial charge in [0, 0.05) is 0 Å². The molecule has 0 fully saturated rings. The Hall–Kier alpha value is -2.04. The Balaban J connectivity index is 0.00000168. The molecule has 0 aliphatic carbocycles. The SMILES string of the molecule is [Cl-].c1ccc(-c2ccccc2-[te+]2c3ccccc3c3ccccc32)cc1. The molecule has 1 aromatic heterocycles. The van der Waals surface area contributed by atoms with E-state index in [4.69, 9.17) is 0 Å². The quantitative estimate of drug-likeness (QED) is 0.349. The Morgan fingerprint density at radius 1 is 0.462 bits per heavy atom. The molecule has 0 N–H and O–H groups in total. The summed E-state index contributed by atoms with van der Waals surface area (Å²) in [5.74, 6) is 0. The fourth-order valence-electron chi connectivity index (χ4n) is 3.59. The number of rotatable bonds is 2. The molecule has 5 rings (SSSR count). The monoisotopic (exact) mass is 470 g/mol. The first kappa shape index (κ1) is 17.4. The molecule has 0 amide bonds. The van der Waals surface area contributed by atoms with Crippen molar-refractivity contribution in [2.24, 2.45) is 0 Å². The van der Waals surface area contributed by atoms with Crippen LogP contribution in [0.15, 0.2) is 103 Å². The Morgan fingerprint density at radius 3 is 1.62 bits per heavy atom. The van der Waals surface area contributed by atoms with E-state index in [0.29, 0.717) is 0 Å². The minimum absolute atomic E-state index is 0. The van der Waals surface area contributed by atoms with Crippen molar-refractivity contribution in [2.45, 2.75) is 0 Å². The van der Waals surface area contributed by atoms with Crippen molar-refractivity contribution in [1.29, 1.82) is 0 Å². The molecule has 0 aliphatic heterocycles. The zero-order chi connectivity index (χ0) is 16.6. The van der Waals surface area contributed by atoms with Crippen molar-refractivity contribution in [3.05, 3.63) is 103 Å². The van der Waals surface area contributed by atoms with E-state index in [2.05, 4.69) is 103 Å². The van der Waals surface area contributed by atoms with Gasteiger partial charge in [-0.2, -0.15) is 0 Å². The van der Waals surface area contributed by atoms with Gasteiger partial charge < -0.3 is 12.4 Å². The van der Waals surface area contributed by atoms with Crippen LogP contribution in [0.5, 0.6) is 0 Å². The summed E-state index contributed by atoms with van der Waals surface area (Å²) in [5.41, 5.74) is 2.71. The van der Waals surface area contributed by atoms with E-state index in [0.717, 1.165) is 0 Å². The molecule has 0 radical (unpaired) electrons. The van der Waals surface area contributed by atoms with Crippen molar-refractivity contribution in [3.63, 3.8) is 0 Å². The zero-order valence-electron chi connectivity index (χ0n) is 14.1. The van der Waals surface area contributed by atoms with E-state index < -0.39 is 19.1 Å². The van der Waals surface area contributed by atoms with Crippen molar-refractivity contribution in [2.75, 3.05) is 0 Å². The molecule has 4 aromatic carbocycles. The maximum absolute atomic E-state index is 2.36. The molecular formula is C24H17ClTe. The van der Waals surface area contributed by atoms with E-state index in [9.17, 15) is 0 Å². The predicted octanol–water partition coefficient (Wildman–Crippen LogP) is 3.40. The number of hydrogen-bond donors (Lipinski definition) is 0. The van der Waals surface area contributed by atoms with Crippen LogP contribution in [0.3, 0.4) is 0 Å². The summed E-state index contributed by atoms with van der Waals surface area (Å²) in [5, 5.41) is 2.88. The van der Waals surface area contributed by atoms with Gasteiger partial charge in [0.2, 0.25) is 0 Å². The fourth-order valence-corrected chi connectivity index (χ4v) is 10.9. The Kier molecular flexibility index (Phi) is 4.88. The Bertz CT molecular complexity index is 1140. The van der Waals surface area contributed by atoms with Crippen molar-refractivity contribution in [3.8, 4) is 14.7 Å². The van der Waals surface area contributed by atoms with Gasteiger partial charge in [0.05, 0.1) is 0 Å². The Labute approximate surface area is 166 Å². The second-order valence-electron chi connectivity index (χ2n) is 6.16. The van der Waals surface area contributed by atoms with Gasteiger partial charge in [-0.15, -0.1) is 0 Å². The van der Waals surface area contributed by atoms with Gasteiger partial charge in [0.15, 0.2) is 0 Å². The predicted molar refractivity (Wildman–Crippen MR) is 110 cm³/mol. The van der Waals surface area contributed by atoms with Crippen LogP contribution in [0.1, 0.15) is 0 Å². The topological polar surface area (TPSA) is 0 Å². The summed E-state index contributed by atoms with van der Waals surface area (Å²) >= 11 is -1.83. The van der Waals surface area contributed by atoms with Gasteiger partial charge >= 0.3 is 155 Å². The summed E-state index contributed by atoms with van der Waals surface area (Å²) in [7, 11) is 0. The molecule has 5 aromatic rings. The van der Waals surface area contributed by atoms with Crippen molar-refractivity contribution >= 4 is 36.6 Å². The molecule has 1 heterocycles. The van der Waals surface area contributed by atoms with Crippen molar-refractivity contribution < 1.29 is 12.4 Å². The first-order chi connectivity index (χ1) is 12.4. The number of halogens is 1. The molecule has 2 heteroatoms. The molecule has 0 atom stereocenters. The number of hydrogen-bond acceptors (Lipinski definition) is 0. The normalized spacial score (nSPS) is 10.8. The van der Waals surface area contributed by atoms with Crippen LogP contribution < -0.4 is 12.4 Å². The van der Waals surface area contributed by atoms with E-state index in [1.54, 1.807) is 10.4 Å². The standard InChI is InChI=1S/C24H17Te.ClH/c1-2-10-18(11-3-1)19-12-4-7-15-22(19)25-23-16-8-5-13-20(23)21-14-6-9-17-24(21)25;/h1-17H;1H/q+1;/p-1. The first-order valence-corrected chi connectivity index (χ1v) is 12.0. The fraction of sp³-hybridized carbons (Fsp3) is 0. The van der Waals surface area contributed by atoms with Crippen LogP contribution in [-0.4, -0.2) is 19.1 Å². The van der Waals surface area contributed by atoms with Crippen LogP contribution in [0.25, 0.3) is 32.3 Å². The molecule has 0 nitrogen and oxygen atoms in total. The van der Waals surface area contributed by atoms with E-state index in [1.807, 2.05) is 0 Å². The summed E-state index contributed by atoms with van der Waals surface area (Å²) in [4.78, 5) is 0. The summed E-state index contributed by atoms with van der Waals surface area (Å²) in [6, 6.07) is 37.8. The average molecular weight is 468 g/mol. The van der Waals surface area contributed by atoms with Gasteiger partial charge in [-0.05, 0) is 0 Å². The molecule has 0 unspecified atom stereocenters. The van der Waals surface area contributed by atoms with E-state index >= 15 is 0 Å². The summed E-state index contributed by atoms with van der Waals surface area (Å²) in [6.07, 6.45) is 0. The van der Waals surface area contributed by atoms with Gasteiger partial charge in [-0.1, -0.05) is 0 Å². The molecule has 0 saturated carbocycles. The zero-order valence-corrected chi connectivity index (χ0v) is 17.2. The third-order valence-electron chi connectivity index (χ3n) is 4.70.